The van der Waals surface area contributed by atoms with Crippen molar-refractivity contribution in [3.63, 3.8) is 0 Å². The number of esters is 1. The number of hydrogen-bond acceptors (Lipinski definition) is 3. The number of cyclic esters (lactones) is 1. The average molecular weight is 298 g/mol. The van der Waals surface area contributed by atoms with Gasteiger partial charge in [-0.1, -0.05) is 27.7 Å². The van der Waals surface area contributed by atoms with Crippen LogP contribution in [0.4, 0.5) is 0 Å². The van der Waals surface area contributed by atoms with Crippen LogP contribution in [0.25, 0.3) is 0 Å². The topological polar surface area (TPSA) is 35.5 Å². The van der Waals surface area contributed by atoms with E-state index in [9.17, 15) is 4.79 Å². The summed E-state index contributed by atoms with van der Waals surface area (Å²) in [5, 5.41) is 0.189. The first kappa shape index (κ1) is 16.0. The minimum Gasteiger partial charge on any atom is -0.456 e. The van der Waals surface area contributed by atoms with Crippen LogP contribution in [0.15, 0.2) is 0 Å². The van der Waals surface area contributed by atoms with Crippen molar-refractivity contribution in [2.75, 3.05) is 6.61 Å². The second-order valence-electron chi connectivity index (χ2n) is 8.47. The number of hydrogen-bond donors (Lipinski definition) is 0. The van der Waals surface area contributed by atoms with E-state index in [4.69, 9.17) is 9.16 Å². The summed E-state index contributed by atoms with van der Waals surface area (Å²) in [6, 6.07) is 0. The first-order chi connectivity index (χ1) is 8.98. The van der Waals surface area contributed by atoms with Gasteiger partial charge in [0.05, 0.1) is 12.5 Å². The van der Waals surface area contributed by atoms with Crippen LogP contribution in [-0.2, 0) is 14.0 Å². The van der Waals surface area contributed by atoms with Crippen molar-refractivity contribution < 1.29 is 14.0 Å². The number of rotatable bonds is 3. The first-order valence-corrected chi connectivity index (χ1v) is 10.8. The smallest absolute Gasteiger partial charge is 0.310 e. The molecule has 0 bridgehead atoms. The molecule has 116 valence electrons. The Bertz CT molecular complexity index is 399. The zero-order valence-electron chi connectivity index (χ0n) is 14.1. The third-order valence-corrected chi connectivity index (χ3v) is 10.4. The summed E-state index contributed by atoms with van der Waals surface area (Å²) >= 11 is 0. The lowest BCUT2D eigenvalue weighted by Gasteiger charge is -2.39. The van der Waals surface area contributed by atoms with Gasteiger partial charge in [-0.05, 0) is 43.8 Å². The van der Waals surface area contributed by atoms with Gasteiger partial charge in [-0.25, -0.2) is 0 Å². The fourth-order valence-electron chi connectivity index (χ4n) is 3.33. The summed E-state index contributed by atoms with van der Waals surface area (Å²) in [6.07, 6.45) is 2.23. The van der Waals surface area contributed by atoms with Crippen LogP contribution >= 0.6 is 0 Å². The second-order valence-corrected chi connectivity index (χ2v) is 13.3. The fraction of sp³-hybridized carbons (Fsp3) is 0.938. The molecule has 0 aromatic carbocycles. The highest BCUT2D eigenvalue weighted by Crippen LogP contribution is 2.50. The Labute approximate surface area is 124 Å². The van der Waals surface area contributed by atoms with Crippen LogP contribution in [0.3, 0.4) is 0 Å². The minimum atomic E-state index is -1.79. The van der Waals surface area contributed by atoms with Crippen molar-refractivity contribution in [3.05, 3.63) is 0 Å². The predicted molar refractivity (Wildman–Crippen MR) is 83.0 cm³/mol. The van der Waals surface area contributed by atoms with Gasteiger partial charge in [-0.3, -0.25) is 4.79 Å². The van der Waals surface area contributed by atoms with E-state index in [2.05, 4.69) is 47.7 Å². The van der Waals surface area contributed by atoms with Crippen molar-refractivity contribution in [1.29, 1.82) is 0 Å². The highest BCUT2D eigenvalue weighted by atomic mass is 28.4. The zero-order chi connectivity index (χ0) is 15.3. The largest absolute Gasteiger partial charge is 0.456 e. The van der Waals surface area contributed by atoms with E-state index in [1.165, 1.54) is 0 Å². The quantitative estimate of drug-likeness (QED) is 0.584. The Hall–Kier alpha value is -0.353. The highest BCUT2D eigenvalue weighted by molar-refractivity contribution is 6.74. The summed E-state index contributed by atoms with van der Waals surface area (Å²) in [4.78, 5) is 12.1. The SMILES string of the molecule is C[C@@H]1CC[C@@H]2[C@H]1C(=O)O[C@]2(C)CO[Si](C)(C)C(C)(C)C. The van der Waals surface area contributed by atoms with Crippen molar-refractivity contribution >= 4 is 14.3 Å². The van der Waals surface area contributed by atoms with Gasteiger partial charge in [0.1, 0.15) is 5.60 Å². The molecule has 0 aromatic heterocycles. The van der Waals surface area contributed by atoms with E-state index < -0.39 is 13.9 Å². The Kier molecular flexibility index (Phi) is 3.88. The Morgan fingerprint density at radius 2 is 1.95 bits per heavy atom. The van der Waals surface area contributed by atoms with Crippen LogP contribution in [0.2, 0.25) is 18.1 Å². The second kappa shape index (κ2) is 4.84. The molecule has 2 aliphatic rings. The van der Waals surface area contributed by atoms with E-state index >= 15 is 0 Å². The molecule has 0 amide bonds. The third-order valence-electron chi connectivity index (χ3n) is 5.90. The molecule has 1 aliphatic carbocycles. The summed E-state index contributed by atoms with van der Waals surface area (Å²) in [6.45, 7) is 16.0. The van der Waals surface area contributed by atoms with Gasteiger partial charge in [0.15, 0.2) is 8.32 Å². The number of ether oxygens (including phenoxy) is 1. The summed E-state index contributed by atoms with van der Waals surface area (Å²) in [5.41, 5.74) is -0.415. The molecule has 1 aliphatic heterocycles. The van der Waals surface area contributed by atoms with Crippen LogP contribution in [0, 0.1) is 17.8 Å². The molecule has 2 fully saturated rings. The molecule has 0 radical (unpaired) electrons. The number of fused-ring (bicyclic) bond motifs is 1. The van der Waals surface area contributed by atoms with Gasteiger partial charge in [0.2, 0.25) is 0 Å². The Morgan fingerprint density at radius 3 is 2.50 bits per heavy atom. The maximum atomic E-state index is 12.1. The van der Waals surface area contributed by atoms with Gasteiger partial charge >= 0.3 is 5.97 Å². The number of carbonyl (C=O) groups is 1. The molecular weight excluding hydrogens is 268 g/mol. The summed E-state index contributed by atoms with van der Waals surface area (Å²) < 4.78 is 12.1. The molecule has 0 aromatic rings. The molecule has 0 N–H and O–H groups in total. The predicted octanol–water partition coefficient (Wildman–Crippen LogP) is 3.99. The van der Waals surface area contributed by atoms with Crippen LogP contribution in [-0.4, -0.2) is 26.5 Å². The van der Waals surface area contributed by atoms with Gasteiger partial charge in [-0.2, -0.15) is 0 Å². The lowest BCUT2D eigenvalue weighted by Crippen LogP contribution is -2.47. The summed E-state index contributed by atoms with van der Waals surface area (Å²) in [5.74, 6) is 0.904. The maximum absolute atomic E-state index is 12.1. The third kappa shape index (κ3) is 2.57. The lowest BCUT2D eigenvalue weighted by molar-refractivity contribution is -0.153. The molecule has 0 unspecified atom stereocenters. The normalized spacial score (nSPS) is 38.0. The molecule has 2 rings (SSSR count). The van der Waals surface area contributed by atoms with Crippen molar-refractivity contribution in [3.8, 4) is 0 Å². The first-order valence-electron chi connectivity index (χ1n) is 7.85. The lowest BCUT2D eigenvalue weighted by atomic mass is 9.83. The number of carbonyl (C=O) groups excluding carboxylic acids is 1. The Morgan fingerprint density at radius 1 is 1.35 bits per heavy atom. The molecule has 1 saturated carbocycles. The van der Waals surface area contributed by atoms with E-state index in [0.29, 0.717) is 18.4 Å². The highest BCUT2D eigenvalue weighted by Gasteiger charge is 2.57. The van der Waals surface area contributed by atoms with E-state index in [1.807, 2.05) is 0 Å². The Balaban J connectivity index is 2.08. The molecular formula is C16H30O3Si. The van der Waals surface area contributed by atoms with Crippen molar-refractivity contribution in [2.45, 2.75) is 71.2 Å². The van der Waals surface area contributed by atoms with Gasteiger partial charge < -0.3 is 9.16 Å². The van der Waals surface area contributed by atoms with Gasteiger partial charge in [0, 0.05) is 5.92 Å². The molecule has 4 heteroatoms. The molecule has 4 atom stereocenters. The fourth-order valence-corrected chi connectivity index (χ4v) is 4.41. The van der Waals surface area contributed by atoms with E-state index in [1.54, 1.807) is 0 Å². The molecule has 0 spiro atoms. The molecule has 20 heavy (non-hydrogen) atoms. The van der Waals surface area contributed by atoms with Gasteiger partial charge in [0.25, 0.3) is 0 Å². The van der Waals surface area contributed by atoms with Gasteiger partial charge in [-0.15, -0.1) is 0 Å². The maximum Gasteiger partial charge on any atom is 0.310 e. The van der Waals surface area contributed by atoms with E-state index in [-0.39, 0.29) is 16.9 Å². The summed E-state index contributed by atoms with van der Waals surface area (Å²) in [7, 11) is -1.79. The molecule has 3 nitrogen and oxygen atoms in total. The molecule has 1 heterocycles. The van der Waals surface area contributed by atoms with Crippen LogP contribution in [0.5, 0.6) is 0 Å². The average Bonchev–Trinajstić information content (AvgIpc) is 2.78. The van der Waals surface area contributed by atoms with E-state index in [0.717, 1.165) is 12.8 Å². The minimum absolute atomic E-state index is 0.00123. The standard InChI is InChI=1S/C16H30O3Si/c1-11-8-9-12-13(11)14(17)19-16(12,5)10-18-20(6,7)15(2,3)4/h11-13H,8-10H2,1-7H3/t11-,12-,13+,16-/m1/s1. The molecule has 1 saturated heterocycles. The van der Waals surface area contributed by atoms with Crippen molar-refractivity contribution in [1.82, 2.24) is 0 Å². The monoisotopic (exact) mass is 298 g/mol. The van der Waals surface area contributed by atoms with Crippen LogP contribution in [0.1, 0.15) is 47.5 Å². The zero-order valence-corrected chi connectivity index (χ0v) is 15.1. The van der Waals surface area contributed by atoms with Crippen molar-refractivity contribution in [2.24, 2.45) is 17.8 Å². The van der Waals surface area contributed by atoms with Crippen LogP contribution < -0.4 is 0 Å².